The van der Waals surface area contributed by atoms with Gasteiger partial charge in [0.05, 0.1) is 5.69 Å². The number of tetrazole rings is 1. The molecule has 10 heteroatoms. The number of aromatic nitrogens is 4. The average molecular weight is 462 g/mol. The molecule has 0 bridgehead atoms. The van der Waals surface area contributed by atoms with Crippen molar-refractivity contribution in [3.63, 3.8) is 0 Å². The van der Waals surface area contributed by atoms with E-state index in [1.54, 1.807) is 17.8 Å². The molecule has 8 nitrogen and oxygen atoms in total. The molecule has 0 saturated heterocycles. The maximum absolute atomic E-state index is 12.9. The molecule has 0 radical (unpaired) electrons. The molecule has 0 saturated carbocycles. The third-order valence-corrected chi connectivity index (χ3v) is 5.68. The zero-order valence-electron chi connectivity index (χ0n) is 15.0. The van der Waals surface area contributed by atoms with Crippen LogP contribution in [0.1, 0.15) is 6.92 Å². The van der Waals surface area contributed by atoms with E-state index in [-0.39, 0.29) is 5.91 Å². The SMILES string of the molecule is C[C@@H]1Oc2ccccc2O[C@H]1C(=O)Nc1cc(Br)ccc1Sc1nnnn1C. The molecule has 1 amide bonds. The normalized spacial score (nSPS) is 18.0. The molecular formula is C18H16BrN5O3S. The molecule has 0 spiro atoms. The van der Waals surface area contributed by atoms with Gasteiger partial charge in [0.25, 0.3) is 5.91 Å². The molecule has 144 valence electrons. The van der Waals surface area contributed by atoms with Gasteiger partial charge in [0.2, 0.25) is 11.3 Å². The van der Waals surface area contributed by atoms with Crippen LogP contribution in [0.4, 0.5) is 5.69 Å². The van der Waals surface area contributed by atoms with Crippen LogP contribution in [0.5, 0.6) is 11.5 Å². The first-order valence-electron chi connectivity index (χ1n) is 8.44. The number of halogens is 1. The Morgan fingerprint density at radius 2 is 1.96 bits per heavy atom. The zero-order valence-corrected chi connectivity index (χ0v) is 17.4. The van der Waals surface area contributed by atoms with Crippen LogP contribution < -0.4 is 14.8 Å². The summed E-state index contributed by atoms with van der Waals surface area (Å²) in [5.41, 5.74) is 0.627. The second-order valence-corrected chi connectivity index (χ2v) is 8.05. The van der Waals surface area contributed by atoms with Crippen LogP contribution in [0.3, 0.4) is 0 Å². The highest BCUT2D eigenvalue weighted by molar-refractivity contribution is 9.10. The molecule has 2 heterocycles. The van der Waals surface area contributed by atoms with Crippen molar-refractivity contribution in [2.24, 2.45) is 7.05 Å². The fraction of sp³-hybridized carbons (Fsp3) is 0.222. The van der Waals surface area contributed by atoms with E-state index in [0.717, 1.165) is 9.37 Å². The smallest absolute Gasteiger partial charge is 0.269 e. The minimum Gasteiger partial charge on any atom is -0.482 e. The molecule has 0 aliphatic carbocycles. The number of nitrogens with one attached hydrogen (secondary N) is 1. The fourth-order valence-electron chi connectivity index (χ4n) is 2.71. The van der Waals surface area contributed by atoms with E-state index in [0.29, 0.717) is 22.3 Å². The largest absolute Gasteiger partial charge is 0.482 e. The third kappa shape index (κ3) is 3.83. The summed E-state index contributed by atoms with van der Waals surface area (Å²) in [4.78, 5) is 13.7. The second kappa shape index (κ2) is 7.80. The number of hydrogen-bond acceptors (Lipinski definition) is 7. The Labute approximate surface area is 173 Å². The highest BCUT2D eigenvalue weighted by Gasteiger charge is 2.34. The van der Waals surface area contributed by atoms with Crippen molar-refractivity contribution in [2.75, 3.05) is 5.32 Å². The fourth-order valence-corrected chi connectivity index (χ4v) is 3.86. The first kappa shape index (κ1) is 18.8. The van der Waals surface area contributed by atoms with E-state index in [1.807, 2.05) is 43.3 Å². The number of aryl methyl sites for hydroxylation is 1. The second-order valence-electron chi connectivity index (χ2n) is 6.13. The van der Waals surface area contributed by atoms with Crippen LogP contribution in [0.25, 0.3) is 0 Å². The van der Waals surface area contributed by atoms with Crippen molar-refractivity contribution in [1.29, 1.82) is 0 Å². The van der Waals surface area contributed by atoms with Crippen molar-refractivity contribution in [2.45, 2.75) is 29.2 Å². The molecule has 0 fully saturated rings. The molecule has 28 heavy (non-hydrogen) atoms. The summed E-state index contributed by atoms with van der Waals surface area (Å²) in [6, 6.07) is 12.9. The summed E-state index contributed by atoms with van der Waals surface area (Å²) in [7, 11) is 1.76. The Morgan fingerprint density at radius 1 is 1.21 bits per heavy atom. The number of ether oxygens (including phenoxy) is 2. The maximum atomic E-state index is 12.9. The van der Waals surface area contributed by atoms with E-state index >= 15 is 0 Å². The van der Waals surface area contributed by atoms with Gasteiger partial charge in [0, 0.05) is 16.4 Å². The van der Waals surface area contributed by atoms with Crippen LogP contribution in [0.15, 0.2) is 57.0 Å². The molecule has 0 unspecified atom stereocenters. The van der Waals surface area contributed by atoms with E-state index in [4.69, 9.17) is 9.47 Å². The summed E-state index contributed by atoms with van der Waals surface area (Å²) in [6.45, 7) is 1.81. The van der Waals surface area contributed by atoms with Gasteiger partial charge < -0.3 is 14.8 Å². The van der Waals surface area contributed by atoms with Crippen LogP contribution in [0.2, 0.25) is 0 Å². The first-order valence-corrected chi connectivity index (χ1v) is 10.0. The predicted molar refractivity (Wildman–Crippen MR) is 107 cm³/mol. The van der Waals surface area contributed by atoms with Crippen LogP contribution in [-0.4, -0.2) is 38.3 Å². The van der Waals surface area contributed by atoms with Gasteiger partial charge in [-0.05, 0) is 59.4 Å². The maximum Gasteiger partial charge on any atom is 0.269 e. The molecule has 1 N–H and O–H groups in total. The van der Waals surface area contributed by atoms with Crippen molar-refractivity contribution in [1.82, 2.24) is 20.2 Å². The molecule has 3 aromatic rings. The minimum absolute atomic E-state index is 0.293. The monoisotopic (exact) mass is 461 g/mol. The molecule has 2 atom stereocenters. The molecular weight excluding hydrogens is 446 g/mol. The topological polar surface area (TPSA) is 91.2 Å². The van der Waals surface area contributed by atoms with Crippen LogP contribution in [0, 0.1) is 0 Å². The lowest BCUT2D eigenvalue weighted by molar-refractivity contribution is -0.128. The number of carbonyl (C=O) groups excluding carboxylic acids is 1. The minimum atomic E-state index is -0.775. The molecule has 1 aliphatic heterocycles. The van der Waals surface area contributed by atoms with Crippen LogP contribution >= 0.6 is 27.7 Å². The van der Waals surface area contributed by atoms with Crippen molar-refractivity contribution >= 4 is 39.3 Å². The van der Waals surface area contributed by atoms with Crippen molar-refractivity contribution < 1.29 is 14.3 Å². The lowest BCUT2D eigenvalue weighted by Gasteiger charge is -2.31. The van der Waals surface area contributed by atoms with E-state index in [1.165, 1.54) is 11.8 Å². The quantitative estimate of drug-likeness (QED) is 0.636. The van der Waals surface area contributed by atoms with Gasteiger partial charge in [-0.3, -0.25) is 4.79 Å². The summed E-state index contributed by atoms with van der Waals surface area (Å²) in [5, 5.41) is 15.0. The van der Waals surface area contributed by atoms with E-state index in [2.05, 4.69) is 36.8 Å². The Kier molecular flexibility index (Phi) is 5.23. The number of para-hydroxylation sites is 2. The summed E-state index contributed by atoms with van der Waals surface area (Å²) in [5.74, 6) is 0.889. The summed E-state index contributed by atoms with van der Waals surface area (Å²) < 4.78 is 14.1. The Hall–Kier alpha value is -2.59. The van der Waals surface area contributed by atoms with Gasteiger partial charge in [-0.15, -0.1) is 5.10 Å². The van der Waals surface area contributed by atoms with Gasteiger partial charge in [-0.25, -0.2) is 4.68 Å². The standard InChI is InChI=1S/C18H16BrN5O3S/c1-10-16(27-14-6-4-3-5-13(14)26-10)17(25)20-12-9-11(19)7-8-15(12)28-18-21-22-23-24(18)2/h3-10,16H,1-2H3,(H,20,25)/t10-,16+/m0/s1. The number of benzene rings is 2. The third-order valence-electron chi connectivity index (χ3n) is 4.08. The highest BCUT2D eigenvalue weighted by Crippen LogP contribution is 2.36. The lowest BCUT2D eigenvalue weighted by Crippen LogP contribution is -2.46. The summed E-state index contributed by atoms with van der Waals surface area (Å²) >= 11 is 4.80. The lowest BCUT2D eigenvalue weighted by atomic mass is 10.1. The summed E-state index contributed by atoms with van der Waals surface area (Å²) in [6.07, 6.45) is -1.20. The molecule has 1 aliphatic rings. The number of carbonyl (C=O) groups is 1. The number of rotatable bonds is 4. The van der Waals surface area contributed by atoms with Gasteiger partial charge >= 0.3 is 0 Å². The van der Waals surface area contributed by atoms with Crippen LogP contribution in [-0.2, 0) is 11.8 Å². The highest BCUT2D eigenvalue weighted by atomic mass is 79.9. The van der Waals surface area contributed by atoms with E-state index in [9.17, 15) is 4.79 Å². The predicted octanol–water partition coefficient (Wildman–Crippen LogP) is 3.29. The number of anilines is 1. The number of nitrogens with zero attached hydrogens (tertiary/aromatic N) is 4. The zero-order chi connectivity index (χ0) is 19.7. The number of fused-ring (bicyclic) bond motifs is 1. The van der Waals surface area contributed by atoms with Gasteiger partial charge in [0.1, 0.15) is 6.10 Å². The van der Waals surface area contributed by atoms with E-state index < -0.39 is 12.2 Å². The molecule has 4 rings (SSSR count). The first-order chi connectivity index (χ1) is 13.5. The number of hydrogen-bond donors (Lipinski definition) is 1. The Balaban J connectivity index is 1.56. The number of amides is 1. The Bertz CT molecular complexity index is 1030. The Morgan fingerprint density at radius 3 is 2.68 bits per heavy atom. The van der Waals surface area contributed by atoms with Gasteiger partial charge in [-0.2, -0.15) is 0 Å². The molecule has 2 aromatic carbocycles. The van der Waals surface area contributed by atoms with Gasteiger partial charge in [0.15, 0.2) is 11.5 Å². The van der Waals surface area contributed by atoms with Gasteiger partial charge in [-0.1, -0.05) is 28.1 Å². The average Bonchev–Trinajstić information content (AvgIpc) is 3.08. The van der Waals surface area contributed by atoms with Crippen molar-refractivity contribution in [3.05, 3.63) is 46.9 Å². The van der Waals surface area contributed by atoms with Crippen molar-refractivity contribution in [3.8, 4) is 11.5 Å². The molecule has 1 aromatic heterocycles.